The van der Waals surface area contributed by atoms with Crippen LogP contribution in [0.1, 0.15) is 43.2 Å². The summed E-state index contributed by atoms with van der Waals surface area (Å²) in [5, 5.41) is 0. The summed E-state index contributed by atoms with van der Waals surface area (Å²) in [6, 6.07) is 3.72. The number of nitrogens with zero attached hydrogens (tertiary/aromatic N) is 1. The standard InChI is InChI=1S/C14H21BrN2O2/c1-2-17(11-6-4-3-5-10(11)9-16)14(18)12-7-8-13(15)19-12/h7-8,10-11H,2-6,9,16H2,1H3. The minimum absolute atomic E-state index is 0.0291. The highest BCUT2D eigenvalue weighted by Gasteiger charge is 2.32. The van der Waals surface area contributed by atoms with Gasteiger partial charge >= 0.3 is 0 Å². The fraction of sp³-hybridized carbons (Fsp3) is 0.643. The third-order valence-electron chi connectivity index (χ3n) is 3.96. The maximum atomic E-state index is 12.5. The van der Waals surface area contributed by atoms with E-state index in [9.17, 15) is 4.79 Å². The third kappa shape index (κ3) is 3.20. The van der Waals surface area contributed by atoms with Gasteiger partial charge in [-0.2, -0.15) is 0 Å². The van der Waals surface area contributed by atoms with Crippen molar-refractivity contribution in [3.63, 3.8) is 0 Å². The van der Waals surface area contributed by atoms with Crippen molar-refractivity contribution < 1.29 is 9.21 Å². The molecule has 1 saturated carbocycles. The molecule has 2 N–H and O–H groups in total. The van der Waals surface area contributed by atoms with E-state index in [1.54, 1.807) is 12.1 Å². The van der Waals surface area contributed by atoms with Crippen molar-refractivity contribution in [2.45, 2.75) is 38.6 Å². The fourth-order valence-electron chi connectivity index (χ4n) is 2.97. The largest absolute Gasteiger partial charge is 0.444 e. The molecule has 1 fully saturated rings. The first-order valence-electron chi connectivity index (χ1n) is 6.93. The number of carbonyl (C=O) groups excluding carboxylic acids is 1. The number of nitrogens with two attached hydrogens (primary N) is 1. The van der Waals surface area contributed by atoms with Crippen molar-refractivity contribution in [2.75, 3.05) is 13.1 Å². The summed E-state index contributed by atoms with van der Waals surface area (Å²) in [6.45, 7) is 3.35. The Morgan fingerprint density at radius 3 is 2.79 bits per heavy atom. The molecule has 1 aromatic rings. The quantitative estimate of drug-likeness (QED) is 0.924. The van der Waals surface area contributed by atoms with Crippen LogP contribution in [-0.2, 0) is 0 Å². The Morgan fingerprint density at radius 2 is 2.21 bits per heavy atom. The van der Waals surface area contributed by atoms with Gasteiger partial charge in [0.15, 0.2) is 10.4 Å². The van der Waals surface area contributed by atoms with E-state index in [1.807, 2.05) is 11.8 Å². The highest BCUT2D eigenvalue weighted by Crippen LogP contribution is 2.29. The minimum Gasteiger partial charge on any atom is -0.444 e. The van der Waals surface area contributed by atoms with Gasteiger partial charge < -0.3 is 15.1 Å². The third-order valence-corrected chi connectivity index (χ3v) is 4.38. The number of rotatable bonds is 4. The Hall–Kier alpha value is -0.810. The summed E-state index contributed by atoms with van der Waals surface area (Å²) in [5.74, 6) is 0.782. The van der Waals surface area contributed by atoms with Gasteiger partial charge in [-0.25, -0.2) is 0 Å². The first-order chi connectivity index (χ1) is 9.17. The number of carbonyl (C=O) groups is 1. The first kappa shape index (κ1) is 14.6. The van der Waals surface area contributed by atoms with Crippen molar-refractivity contribution >= 4 is 21.8 Å². The summed E-state index contributed by atoms with van der Waals surface area (Å²) in [6.07, 6.45) is 4.55. The van der Waals surface area contributed by atoms with E-state index in [2.05, 4.69) is 15.9 Å². The van der Waals surface area contributed by atoms with Crippen molar-refractivity contribution in [1.29, 1.82) is 0 Å². The lowest BCUT2D eigenvalue weighted by atomic mass is 9.83. The zero-order valence-corrected chi connectivity index (χ0v) is 12.9. The van der Waals surface area contributed by atoms with Gasteiger partial charge in [0.1, 0.15) is 0 Å². The molecular weight excluding hydrogens is 308 g/mol. The lowest BCUT2D eigenvalue weighted by Crippen LogP contribution is -2.47. The topological polar surface area (TPSA) is 59.5 Å². The van der Waals surface area contributed by atoms with Crippen LogP contribution in [0.15, 0.2) is 21.2 Å². The molecule has 2 rings (SSSR count). The van der Waals surface area contributed by atoms with Crippen molar-refractivity contribution in [3.05, 3.63) is 22.6 Å². The first-order valence-corrected chi connectivity index (χ1v) is 7.73. The van der Waals surface area contributed by atoms with Gasteiger partial charge in [0.2, 0.25) is 0 Å². The SMILES string of the molecule is CCN(C(=O)c1ccc(Br)o1)C1CCCCC1CN. The van der Waals surface area contributed by atoms with Gasteiger partial charge in [-0.05, 0) is 60.3 Å². The molecule has 0 saturated heterocycles. The molecule has 2 unspecified atom stereocenters. The highest BCUT2D eigenvalue weighted by atomic mass is 79.9. The summed E-state index contributed by atoms with van der Waals surface area (Å²) in [7, 11) is 0. The average Bonchev–Trinajstić information content (AvgIpc) is 2.86. The van der Waals surface area contributed by atoms with Gasteiger partial charge in [0, 0.05) is 12.6 Å². The molecule has 106 valence electrons. The minimum atomic E-state index is -0.0291. The van der Waals surface area contributed by atoms with Crippen molar-refractivity contribution in [1.82, 2.24) is 4.90 Å². The average molecular weight is 329 g/mol. The normalized spacial score (nSPS) is 23.3. The molecule has 1 amide bonds. The maximum absolute atomic E-state index is 12.5. The van der Waals surface area contributed by atoms with Gasteiger partial charge in [0.25, 0.3) is 5.91 Å². The molecule has 2 atom stereocenters. The van der Waals surface area contributed by atoms with E-state index in [-0.39, 0.29) is 11.9 Å². The highest BCUT2D eigenvalue weighted by molar-refractivity contribution is 9.10. The molecule has 5 heteroatoms. The van der Waals surface area contributed by atoms with Crippen LogP contribution in [0.5, 0.6) is 0 Å². The molecule has 1 aliphatic rings. The lowest BCUT2D eigenvalue weighted by molar-refractivity contribution is 0.0527. The van der Waals surface area contributed by atoms with Crippen LogP contribution >= 0.6 is 15.9 Å². The Labute approximate surface area is 122 Å². The summed E-state index contributed by atoms with van der Waals surface area (Å²) in [4.78, 5) is 14.4. The summed E-state index contributed by atoms with van der Waals surface area (Å²) in [5.41, 5.74) is 5.86. The second-order valence-electron chi connectivity index (χ2n) is 5.04. The second kappa shape index (κ2) is 6.57. The van der Waals surface area contributed by atoms with Crippen LogP contribution in [0, 0.1) is 5.92 Å². The zero-order chi connectivity index (χ0) is 13.8. The van der Waals surface area contributed by atoms with Crippen LogP contribution in [0.25, 0.3) is 0 Å². The molecule has 0 bridgehead atoms. The van der Waals surface area contributed by atoms with Crippen molar-refractivity contribution in [3.8, 4) is 0 Å². The van der Waals surface area contributed by atoms with E-state index >= 15 is 0 Å². The van der Waals surface area contributed by atoms with Gasteiger partial charge in [-0.3, -0.25) is 4.79 Å². The van der Waals surface area contributed by atoms with E-state index in [4.69, 9.17) is 10.2 Å². The second-order valence-corrected chi connectivity index (χ2v) is 5.82. The number of hydrogen-bond acceptors (Lipinski definition) is 3. The van der Waals surface area contributed by atoms with Gasteiger partial charge in [-0.1, -0.05) is 12.8 Å². The number of hydrogen-bond donors (Lipinski definition) is 1. The lowest BCUT2D eigenvalue weighted by Gasteiger charge is -2.38. The van der Waals surface area contributed by atoms with Crippen LogP contribution in [0.4, 0.5) is 0 Å². The van der Waals surface area contributed by atoms with Gasteiger partial charge in [-0.15, -0.1) is 0 Å². The summed E-state index contributed by atoms with van der Waals surface area (Å²) >= 11 is 3.24. The predicted octanol–water partition coefficient (Wildman–Crippen LogP) is 3.02. The molecule has 0 aliphatic heterocycles. The fourth-order valence-corrected chi connectivity index (χ4v) is 3.28. The maximum Gasteiger partial charge on any atom is 0.289 e. The van der Waals surface area contributed by atoms with Gasteiger partial charge in [0.05, 0.1) is 0 Å². The smallest absolute Gasteiger partial charge is 0.289 e. The van der Waals surface area contributed by atoms with E-state index in [0.717, 1.165) is 12.8 Å². The Morgan fingerprint density at radius 1 is 1.47 bits per heavy atom. The molecule has 1 aromatic heterocycles. The number of furan rings is 1. The van der Waals surface area contributed by atoms with E-state index < -0.39 is 0 Å². The number of amides is 1. The van der Waals surface area contributed by atoms with Crippen LogP contribution in [0.3, 0.4) is 0 Å². The van der Waals surface area contributed by atoms with Crippen LogP contribution in [0.2, 0.25) is 0 Å². The molecule has 1 heterocycles. The number of halogens is 1. The molecule has 0 spiro atoms. The van der Waals surface area contributed by atoms with E-state index in [1.165, 1.54) is 12.8 Å². The molecule has 0 radical (unpaired) electrons. The van der Waals surface area contributed by atoms with E-state index in [0.29, 0.717) is 29.4 Å². The Kier molecular flexibility index (Phi) is 5.05. The molecular formula is C14H21BrN2O2. The molecule has 4 nitrogen and oxygen atoms in total. The predicted molar refractivity (Wildman–Crippen MR) is 77.9 cm³/mol. The Balaban J connectivity index is 2.16. The molecule has 0 aromatic carbocycles. The van der Waals surface area contributed by atoms with Crippen molar-refractivity contribution in [2.24, 2.45) is 11.7 Å². The monoisotopic (exact) mass is 328 g/mol. The van der Waals surface area contributed by atoms with Crippen LogP contribution < -0.4 is 5.73 Å². The zero-order valence-electron chi connectivity index (χ0n) is 11.3. The molecule has 19 heavy (non-hydrogen) atoms. The Bertz CT molecular complexity index is 433. The van der Waals surface area contributed by atoms with Crippen LogP contribution in [-0.4, -0.2) is 29.9 Å². The molecule has 1 aliphatic carbocycles. The summed E-state index contributed by atoms with van der Waals surface area (Å²) < 4.78 is 5.97.